The Morgan fingerprint density at radius 3 is 2.79 bits per heavy atom. The molecule has 0 unspecified atom stereocenters. The summed E-state index contributed by atoms with van der Waals surface area (Å²) in [4.78, 5) is 10.3. The second-order valence-corrected chi connectivity index (χ2v) is 4.77. The first-order chi connectivity index (χ1) is 6.45. The number of nitrogens with zero attached hydrogens (tertiary/aromatic N) is 2. The van der Waals surface area contributed by atoms with Crippen molar-refractivity contribution in [2.45, 2.75) is 13.3 Å². The molecule has 0 saturated heterocycles. The van der Waals surface area contributed by atoms with E-state index in [-0.39, 0.29) is 17.9 Å². The molecule has 0 aliphatic heterocycles. The number of aromatic nitrogens is 2. The zero-order valence-corrected chi connectivity index (χ0v) is 8.36. The highest BCUT2D eigenvalue weighted by molar-refractivity contribution is 7.89. The average molecular weight is 218 g/mol. The summed E-state index contributed by atoms with van der Waals surface area (Å²) in [5.74, 6) is -1.11. The third kappa shape index (κ3) is 2.32. The van der Waals surface area contributed by atoms with Crippen LogP contribution in [0.5, 0.6) is 0 Å². The maximum atomic E-state index is 11.3. The molecule has 1 rings (SSSR count). The van der Waals surface area contributed by atoms with E-state index in [9.17, 15) is 13.2 Å². The monoisotopic (exact) mass is 218 g/mol. The molecule has 0 aliphatic rings. The fourth-order valence-corrected chi connectivity index (χ4v) is 1.62. The van der Waals surface area contributed by atoms with Gasteiger partial charge in [-0.15, -0.1) is 0 Å². The highest BCUT2D eigenvalue weighted by Crippen LogP contribution is 2.01. The van der Waals surface area contributed by atoms with Gasteiger partial charge in [-0.25, -0.2) is 8.42 Å². The van der Waals surface area contributed by atoms with E-state index in [1.807, 2.05) is 0 Å². The number of carboxylic acid groups (broad SMARTS) is 1. The largest absolute Gasteiger partial charge is 0.481 e. The Hall–Kier alpha value is -1.37. The van der Waals surface area contributed by atoms with Gasteiger partial charge in [0, 0.05) is 6.20 Å². The second-order valence-electron chi connectivity index (χ2n) is 2.65. The number of carboxylic acids is 1. The summed E-state index contributed by atoms with van der Waals surface area (Å²) in [6.45, 7) is 1.49. The van der Waals surface area contributed by atoms with Gasteiger partial charge in [-0.2, -0.15) is 9.19 Å². The van der Waals surface area contributed by atoms with Crippen LogP contribution in [0.25, 0.3) is 0 Å². The first kappa shape index (κ1) is 10.7. The molecule has 6 nitrogen and oxygen atoms in total. The van der Waals surface area contributed by atoms with Crippen molar-refractivity contribution in [3.8, 4) is 0 Å². The summed E-state index contributed by atoms with van der Waals surface area (Å²) in [7, 11) is -3.40. The molecule has 7 heteroatoms. The van der Waals surface area contributed by atoms with Crippen LogP contribution < -0.4 is 0 Å². The van der Waals surface area contributed by atoms with Crippen molar-refractivity contribution in [3.63, 3.8) is 0 Å². The highest BCUT2D eigenvalue weighted by Gasteiger charge is 2.12. The zero-order valence-electron chi connectivity index (χ0n) is 7.54. The quantitative estimate of drug-likeness (QED) is 0.750. The van der Waals surface area contributed by atoms with E-state index in [0.29, 0.717) is 0 Å². The van der Waals surface area contributed by atoms with Crippen molar-refractivity contribution in [2.24, 2.45) is 0 Å². The molecule has 0 atom stereocenters. The van der Waals surface area contributed by atoms with Crippen LogP contribution in [-0.2, 0) is 21.2 Å². The van der Waals surface area contributed by atoms with E-state index < -0.39 is 16.0 Å². The van der Waals surface area contributed by atoms with Crippen molar-refractivity contribution >= 4 is 16.0 Å². The van der Waals surface area contributed by atoms with Gasteiger partial charge in [0.15, 0.2) is 0 Å². The van der Waals surface area contributed by atoms with Crippen molar-refractivity contribution in [2.75, 3.05) is 5.75 Å². The van der Waals surface area contributed by atoms with Crippen LogP contribution in [0.3, 0.4) is 0 Å². The molecule has 1 N–H and O–H groups in total. The maximum absolute atomic E-state index is 11.3. The number of carbonyl (C=O) groups is 1. The summed E-state index contributed by atoms with van der Waals surface area (Å²) in [5.41, 5.74) is 0.231. The molecule has 0 radical (unpaired) electrons. The molecule has 14 heavy (non-hydrogen) atoms. The normalized spacial score (nSPS) is 11.5. The van der Waals surface area contributed by atoms with E-state index in [0.717, 1.165) is 4.09 Å². The molecular formula is C7H10N2O4S. The van der Waals surface area contributed by atoms with E-state index in [2.05, 4.69) is 5.10 Å². The standard InChI is InChI=1S/C7H10N2O4S/c1-2-14(12,13)9-4-3-6(8-9)5-7(10)11/h3-4H,2,5H2,1H3,(H,10,11). The van der Waals surface area contributed by atoms with Gasteiger partial charge in [0.25, 0.3) is 10.0 Å². The minimum Gasteiger partial charge on any atom is -0.481 e. The van der Waals surface area contributed by atoms with Crippen molar-refractivity contribution in [3.05, 3.63) is 18.0 Å². The topological polar surface area (TPSA) is 89.3 Å². The molecule has 1 aromatic heterocycles. The minimum atomic E-state index is -3.40. The van der Waals surface area contributed by atoms with Crippen molar-refractivity contribution < 1.29 is 18.3 Å². The third-order valence-electron chi connectivity index (χ3n) is 1.60. The maximum Gasteiger partial charge on any atom is 0.309 e. The molecule has 1 heterocycles. The Morgan fingerprint density at radius 1 is 1.64 bits per heavy atom. The average Bonchev–Trinajstić information content (AvgIpc) is 2.52. The molecule has 0 amide bonds. The molecule has 0 saturated carbocycles. The van der Waals surface area contributed by atoms with Gasteiger partial charge in [0.1, 0.15) is 0 Å². The summed E-state index contributed by atoms with van der Waals surface area (Å²) < 4.78 is 23.3. The Labute approximate surface area is 81.2 Å². The van der Waals surface area contributed by atoms with Gasteiger partial charge in [0.2, 0.25) is 0 Å². The molecule has 0 aromatic carbocycles. The predicted octanol–water partition coefficient (Wildman–Crippen LogP) is -0.292. The van der Waals surface area contributed by atoms with Crippen LogP contribution in [0.4, 0.5) is 0 Å². The van der Waals surface area contributed by atoms with Gasteiger partial charge < -0.3 is 5.11 Å². The van der Waals surface area contributed by atoms with Gasteiger partial charge in [-0.05, 0) is 13.0 Å². The lowest BCUT2D eigenvalue weighted by Gasteiger charge is -1.98. The molecule has 0 aliphatic carbocycles. The highest BCUT2D eigenvalue weighted by atomic mass is 32.2. The fourth-order valence-electron chi connectivity index (χ4n) is 0.879. The van der Waals surface area contributed by atoms with Crippen molar-refractivity contribution in [1.29, 1.82) is 0 Å². The summed E-state index contributed by atoms with van der Waals surface area (Å²) in [5, 5.41) is 12.1. The smallest absolute Gasteiger partial charge is 0.309 e. The molecule has 0 spiro atoms. The first-order valence-corrected chi connectivity index (χ1v) is 5.56. The Morgan fingerprint density at radius 2 is 2.29 bits per heavy atom. The van der Waals surface area contributed by atoms with Crippen LogP contribution in [0, 0.1) is 0 Å². The summed E-state index contributed by atoms with van der Waals surface area (Å²) in [6.07, 6.45) is 0.976. The SMILES string of the molecule is CCS(=O)(=O)n1ccc(CC(=O)O)n1. The number of aliphatic carboxylic acids is 1. The van der Waals surface area contributed by atoms with Gasteiger partial charge in [-0.1, -0.05) is 0 Å². The van der Waals surface area contributed by atoms with Crippen LogP contribution in [-0.4, -0.2) is 34.4 Å². The minimum absolute atomic E-state index is 0.0683. The molecule has 0 bridgehead atoms. The molecular weight excluding hydrogens is 208 g/mol. The Bertz CT molecular complexity index is 434. The zero-order chi connectivity index (χ0) is 10.8. The van der Waals surface area contributed by atoms with E-state index in [4.69, 9.17) is 5.11 Å². The number of hydrogen-bond donors (Lipinski definition) is 1. The lowest BCUT2D eigenvalue weighted by atomic mass is 10.3. The second kappa shape index (κ2) is 3.79. The van der Waals surface area contributed by atoms with E-state index in [1.165, 1.54) is 19.2 Å². The van der Waals surface area contributed by atoms with E-state index in [1.54, 1.807) is 0 Å². The third-order valence-corrected chi connectivity index (χ3v) is 3.11. The van der Waals surface area contributed by atoms with Crippen LogP contribution in [0.1, 0.15) is 12.6 Å². The van der Waals surface area contributed by atoms with Gasteiger partial charge >= 0.3 is 5.97 Å². The molecule has 78 valence electrons. The Kier molecular flexibility index (Phi) is 2.90. The first-order valence-electron chi connectivity index (χ1n) is 3.95. The Balaban J connectivity index is 2.94. The summed E-state index contributed by atoms with van der Waals surface area (Å²) in [6, 6.07) is 1.38. The van der Waals surface area contributed by atoms with E-state index >= 15 is 0 Å². The lowest BCUT2D eigenvalue weighted by Crippen LogP contribution is -2.15. The van der Waals surface area contributed by atoms with Gasteiger partial charge in [0.05, 0.1) is 17.9 Å². The number of rotatable bonds is 4. The fraction of sp³-hybridized carbons (Fsp3) is 0.429. The van der Waals surface area contributed by atoms with Crippen LogP contribution in [0.15, 0.2) is 12.3 Å². The molecule has 1 aromatic rings. The van der Waals surface area contributed by atoms with Crippen LogP contribution >= 0.6 is 0 Å². The molecule has 0 fully saturated rings. The van der Waals surface area contributed by atoms with Gasteiger partial charge in [-0.3, -0.25) is 4.79 Å². The van der Waals surface area contributed by atoms with Crippen molar-refractivity contribution in [1.82, 2.24) is 9.19 Å². The lowest BCUT2D eigenvalue weighted by molar-refractivity contribution is -0.136. The van der Waals surface area contributed by atoms with Crippen LogP contribution in [0.2, 0.25) is 0 Å². The summed E-state index contributed by atoms with van der Waals surface area (Å²) >= 11 is 0. The number of hydrogen-bond acceptors (Lipinski definition) is 4. The predicted molar refractivity (Wildman–Crippen MR) is 48.4 cm³/mol.